The first kappa shape index (κ1) is 21.9. The Hall–Kier alpha value is 0.640. The van der Waals surface area contributed by atoms with Crippen molar-refractivity contribution in [2.75, 3.05) is 12.3 Å². The van der Waals surface area contributed by atoms with Gasteiger partial charge >= 0.3 is 5.97 Å². The molecule has 0 fully saturated rings. The van der Waals surface area contributed by atoms with Gasteiger partial charge in [0.15, 0.2) is 0 Å². The Labute approximate surface area is 148 Å². The number of thiol groups is 2. The summed E-state index contributed by atoms with van der Waals surface area (Å²) in [5.74, 6) is 0.0247. The maximum Gasteiger partial charge on any atom is 0.303 e. The first-order chi connectivity index (χ1) is 8.56. The molecule has 0 heterocycles. The molecule has 0 aromatic heterocycles. The van der Waals surface area contributed by atoms with Crippen LogP contribution < -0.4 is 5.32 Å². The molecule has 0 rings (SSSR count). The number of hydrogen-bond acceptors (Lipinski definition) is 4. The van der Waals surface area contributed by atoms with Gasteiger partial charge in [-0.1, -0.05) is 6.42 Å². The Bertz CT molecular complexity index is 255. The van der Waals surface area contributed by atoms with E-state index in [0.29, 0.717) is 24.6 Å². The molecule has 0 aromatic carbocycles. The smallest absolute Gasteiger partial charge is 0.303 e. The molecule has 0 aliphatic heterocycles. The number of carbonyl (C=O) groups excluding carboxylic acids is 1. The molecule has 1 atom stereocenters. The zero-order valence-corrected chi connectivity index (χ0v) is 15.4. The molecule has 0 saturated heterocycles. The van der Waals surface area contributed by atoms with Crippen molar-refractivity contribution in [2.45, 2.75) is 50.2 Å². The van der Waals surface area contributed by atoms with Gasteiger partial charge in [-0.25, -0.2) is 0 Å². The zero-order valence-electron chi connectivity index (χ0n) is 11.6. The number of carboxylic acid groups (broad SMARTS) is 1. The van der Waals surface area contributed by atoms with Crippen LogP contribution >= 0.6 is 25.3 Å². The second-order valence-electron chi connectivity index (χ2n) is 4.26. The van der Waals surface area contributed by atoms with Crippen molar-refractivity contribution in [2.24, 2.45) is 0 Å². The van der Waals surface area contributed by atoms with Crippen molar-refractivity contribution in [3.05, 3.63) is 0 Å². The van der Waals surface area contributed by atoms with Crippen LogP contribution in [0.2, 0.25) is 0 Å². The first-order valence-electron chi connectivity index (χ1n) is 6.33. The van der Waals surface area contributed by atoms with Crippen molar-refractivity contribution in [3.8, 4) is 0 Å². The van der Waals surface area contributed by atoms with Gasteiger partial charge in [-0.3, -0.25) is 9.59 Å². The topological polar surface area (TPSA) is 66.4 Å². The molecule has 1 unspecified atom stereocenters. The van der Waals surface area contributed by atoms with Gasteiger partial charge in [-0.2, -0.15) is 25.3 Å². The van der Waals surface area contributed by atoms with E-state index in [2.05, 4.69) is 30.6 Å². The summed E-state index contributed by atoms with van der Waals surface area (Å²) in [7, 11) is 0. The maximum absolute atomic E-state index is 11.4. The number of hydrogen-bond donors (Lipinski definition) is 4. The fourth-order valence-corrected chi connectivity index (χ4v) is 2.34. The molecule has 0 saturated carbocycles. The van der Waals surface area contributed by atoms with Crippen molar-refractivity contribution in [1.29, 1.82) is 0 Å². The number of rotatable bonds is 11. The summed E-state index contributed by atoms with van der Waals surface area (Å²) in [4.78, 5) is 21.6. The van der Waals surface area contributed by atoms with Gasteiger partial charge in [-0.15, -0.1) is 0 Å². The predicted molar refractivity (Wildman–Crippen MR) is 85.3 cm³/mol. The SMILES string of the molecule is O=C(O)CCCNC(=O)CCCCC(S)CCS.[Na]. The Kier molecular flexibility index (Phi) is 17.4. The standard InChI is InChI=1S/C12H23NO3S2.Na/c14-11(13-8-3-6-12(15)16)5-2-1-4-10(18)7-9-17;/h10,17-18H,1-9H2,(H,13,14)(H,15,16);. The van der Waals surface area contributed by atoms with Gasteiger partial charge in [0.1, 0.15) is 0 Å². The van der Waals surface area contributed by atoms with Crippen molar-refractivity contribution >= 4 is 66.7 Å². The number of carboxylic acids is 1. The molecule has 0 aliphatic carbocycles. The minimum atomic E-state index is -0.826. The average Bonchev–Trinajstić information content (AvgIpc) is 2.30. The van der Waals surface area contributed by atoms with Crippen LogP contribution in [0.5, 0.6) is 0 Å². The van der Waals surface area contributed by atoms with Gasteiger partial charge in [0.05, 0.1) is 0 Å². The molecule has 1 amide bonds. The summed E-state index contributed by atoms with van der Waals surface area (Å²) < 4.78 is 0. The molecular formula is C12H23NNaO3S2. The number of aliphatic carboxylic acids is 1. The van der Waals surface area contributed by atoms with E-state index in [9.17, 15) is 9.59 Å². The van der Waals surface area contributed by atoms with E-state index in [4.69, 9.17) is 5.11 Å². The average molecular weight is 316 g/mol. The third-order valence-corrected chi connectivity index (χ3v) is 3.32. The minimum Gasteiger partial charge on any atom is -0.481 e. The van der Waals surface area contributed by atoms with E-state index in [-0.39, 0.29) is 41.9 Å². The van der Waals surface area contributed by atoms with Crippen LogP contribution in [-0.2, 0) is 9.59 Å². The molecule has 0 aromatic rings. The second-order valence-corrected chi connectivity index (χ2v) is 5.44. The molecule has 0 aliphatic rings. The second kappa shape index (κ2) is 15.0. The molecule has 0 spiro atoms. The maximum atomic E-state index is 11.4. The Morgan fingerprint density at radius 2 is 1.79 bits per heavy atom. The van der Waals surface area contributed by atoms with E-state index in [1.54, 1.807) is 0 Å². The Morgan fingerprint density at radius 3 is 2.37 bits per heavy atom. The van der Waals surface area contributed by atoms with Crippen LogP contribution in [0.4, 0.5) is 0 Å². The van der Waals surface area contributed by atoms with Gasteiger partial charge < -0.3 is 10.4 Å². The Morgan fingerprint density at radius 1 is 1.11 bits per heavy atom. The summed E-state index contributed by atoms with van der Waals surface area (Å²) >= 11 is 8.56. The van der Waals surface area contributed by atoms with Crippen molar-refractivity contribution in [3.63, 3.8) is 0 Å². The fourth-order valence-electron chi connectivity index (χ4n) is 1.51. The zero-order chi connectivity index (χ0) is 13.8. The quantitative estimate of drug-likeness (QED) is 0.267. The van der Waals surface area contributed by atoms with Crippen LogP contribution in [0.15, 0.2) is 0 Å². The summed E-state index contributed by atoms with van der Waals surface area (Å²) in [6, 6.07) is 0. The normalized spacial score (nSPS) is 11.5. The summed E-state index contributed by atoms with van der Waals surface area (Å²) in [6.07, 6.45) is 4.95. The number of carbonyl (C=O) groups is 2. The number of unbranched alkanes of at least 4 members (excludes halogenated alkanes) is 1. The third-order valence-electron chi connectivity index (χ3n) is 2.54. The minimum absolute atomic E-state index is 0. The van der Waals surface area contributed by atoms with E-state index >= 15 is 0 Å². The van der Waals surface area contributed by atoms with Gasteiger partial charge in [0, 0.05) is 54.2 Å². The van der Waals surface area contributed by atoms with Gasteiger partial charge in [0.2, 0.25) is 5.91 Å². The first-order valence-corrected chi connectivity index (χ1v) is 7.48. The summed E-state index contributed by atoms with van der Waals surface area (Å²) in [6.45, 7) is 0.444. The third kappa shape index (κ3) is 16.6. The molecule has 7 heteroatoms. The van der Waals surface area contributed by atoms with Crippen LogP contribution in [0.1, 0.15) is 44.9 Å². The number of nitrogens with one attached hydrogen (secondary N) is 1. The van der Waals surface area contributed by atoms with E-state index < -0.39 is 5.97 Å². The number of amides is 1. The van der Waals surface area contributed by atoms with Gasteiger partial charge in [0.25, 0.3) is 0 Å². The fraction of sp³-hybridized carbons (Fsp3) is 0.833. The summed E-state index contributed by atoms with van der Waals surface area (Å²) in [5, 5.41) is 11.5. The van der Waals surface area contributed by atoms with E-state index in [1.165, 1.54) is 0 Å². The Balaban J connectivity index is 0. The molecule has 19 heavy (non-hydrogen) atoms. The summed E-state index contributed by atoms with van der Waals surface area (Å²) in [5.41, 5.74) is 0. The molecule has 4 nitrogen and oxygen atoms in total. The molecule has 2 N–H and O–H groups in total. The van der Waals surface area contributed by atoms with Crippen molar-refractivity contribution < 1.29 is 14.7 Å². The van der Waals surface area contributed by atoms with E-state index in [1.807, 2.05) is 0 Å². The van der Waals surface area contributed by atoms with E-state index in [0.717, 1.165) is 31.4 Å². The van der Waals surface area contributed by atoms with Crippen molar-refractivity contribution in [1.82, 2.24) is 5.32 Å². The largest absolute Gasteiger partial charge is 0.481 e. The van der Waals surface area contributed by atoms with Crippen LogP contribution in [-0.4, -0.2) is 64.1 Å². The van der Waals surface area contributed by atoms with Crippen LogP contribution in [0.25, 0.3) is 0 Å². The van der Waals surface area contributed by atoms with Crippen LogP contribution in [0.3, 0.4) is 0 Å². The van der Waals surface area contributed by atoms with Gasteiger partial charge in [-0.05, 0) is 31.4 Å². The molecular weight excluding hydrogens is 293 g/mol. The molecule has 107 valence electrons. The van der Waals surface area contributed by atoms with Crippen LogP contribution in [0, 0.1) is 0 Å². The molecule has 0 bridgehead atoms. The predicted octanol–water partition coefficient (Wildman–Crippen LogP) is 1.77. The monoisotopic (exact) mass is 316 g/mol. The molecule has 1 radical (unpaired) electrons.